The first-order valence-corrected chi connectivity index (χ1v) is 4.82. The molecule has 2 nitrogen and oxygen atoms in total. The Bertz CT molecular complexity index is 338. The summed E-state index contributed by atoms with van der Waals surface area (Å²) in [6.45, 7) is 6.60. The molecule has 0 N–H and O–H groups in total. The fourth-order valence-corrected chi connectivity index (χ4v) is 0.699. The Kier molecular flexibility index (Phi) is 6.11. The first-order valence-electron chi connectivity index (χ1n) is 4.82. The lowest BCUT2D eigenvalue weighted by Crippen LogP contribution is -1.99. The van der Waals surface area contributed by atoms with Crippen molar-refractivity contribution < 1.29 is 9.90 Å². The molecule has 15 heavy (non-hydrogen) atoms. The van der Waals surface area contributed by atoms with Crippen molar-refractivity contribution in [3.8, 4) is 0 Å². The van der Waals surface area contributed by atoms with Gasteiger partial charge in [0, 0.05) is 0 Å². The number of carbonyl (C=O) groups is 1. The average molecular weight is 205 g/mol. The molecule has 0 atom stereocenters. The van der Waals surface area contributed by atoms with E-state index in [1.807, 2.05) is 0 Å². The molecular weight excluding hydrogens is 188 g/mol. The van der Waals surface area contributed by atoms with Crippen LogP contribution in [0.1, 0.15) is 27.7 Å². The summed E-state index contributed by atoms with van der Waals surface area (Å²) >= 11 is 0. The Labute approximate surface area is 91.3 Å². The molecule has 82 valence electrons. The van der Waals surface area contributed by atoms with E-state index in [1.54, 1.807) is 44.2 Å². The lowest BCUT2D eigenvalue weighted by molar-refractivity contribution is -0.303. The van der Waals surface area contributed by atoms with Gasteiger partial charge in [0.1, 0.15) is 0 Å². The predicted octanol–water partition coefficient (Wildman–Crippen LogP) is 2.29. The average Bonchev–Trinajstić information content (AvgIpc) is 2.16. The quantitative estimate of drug-likeness (QED) is 0.401. The topological polar surface area (TPSA) is 40.1 Å². The molecule has 2 heteroatoms. The number of hydrogen-bond donors (Lipinski definition) is 0. The van der Waals surface area contributed by atoms with Gasteiger partial charge < -0.3 is 5.11 Å². The van der Waals surface area contributed by atoms with E-state index in [9.17, 15) is 9.90 Å². The highest BCUT2D eigenvalue weighted by Gasteiger charge is 1.90. The molecule has 0 aliphatic rings. The predicted molar refractivity (Wildman–Crippen MR) is 61.1 cm³/mol. The first kappa shape index (κ1) is 13.4. The van der Waals surface area contributed by atoms with E-state index < -0.39 is 0 Å². The van der Waals surface area contributed by atoms with Gasteiger partial charge in [-0.25, -0.2) is 0 Å². The van der Waals surface area contributed by atoms with Crippen LogP contribution < -0.4 is 5.11 Å². The van der Waals surface area contributed by atoms with E-state index in [4.69, 9.17) is 0 Å². The molecular formula is C13H17O2-. The van der Waals surface area contributed by atoms with Crippen LogP contribution in [0.25, 0.3) is 0 Å². The van der Waals surface area contributed by atoms with E-state index in [0.29, 0.717) is 11.1 Å². The number of Topliss-reactive ketones (excluding diaryl/α,β-unsaturated/α-hetero) is 1. The third kappa shape index (κ3) is 6.49. The Balaban J connectivity index is 4.30. The van der Waals surface area contributed by atoms with Gasteiger partial charge in [0.15, 0.2) is 5.78 Å². The van der Waals surface area contributed by atoms with Crippen LogP contribution in [-0.2, 0) is 4.79 Å². The second-order valence-electron chi connectivity index (χ2n) is 3.39. The number of allylic oxidation sites excluding steroid dienone is 8. The second-order valence-corrected chi connectivity index (χ2v) is 3.39. The zero-order chi connectivity index (χ0) is 11.8. The van der Waals surface area contributed by atoms with Gasteiger partial charge in [-0.15, -0.1) is 5.76 Å². The van der Waals surface area contributed by atoms with Gasteiger partial charge in [-0.2, -0.15) is 0 Å². The van der Waals surface area contributed by atoms with Crippen molar-refractivity contribution in [1.29, 1.82) is 0 Å². The monoisotopic (exact) mass is 205 g/mol. The van der Waals surface area contributed by atoms with Gasteiger partial charge >= 0.3 is 0 Å². The molecule has 0 unspecified atom stereocenters. The van der Waals surface area contributed by atoms with E-state index in [0.717, 1.165) is 0 Å². The first-order chi connectivity index (χ1) is 6.95. The fourth-order valence-electron chi connectivity index (χ4n) is 0.699. The van der Waals surface area contributed by atoms with E-state index >= 15 is 0 Å². The Morgan fingerprint density at radius 3 is 2.07 bits per heavy atom. The molecule has 0 saturated heterocycles. The van der Waals surface area contributed by atoms with Crippen LogP contribution in [0.4, 0.5) is 0 Å². The maximum atomic E-state index is 10.8. The number of ketones is 1. The van der Waals surface area contributed by atoms with Crippen molar-refractivity contribution in [2.24, 2.45) is 0 Å². The second kappa shape index (κ2) is 6.82. The van der Waals surface area contributed by atoms with Gasteiger partial charge in [0.05, 0.1) is 0 Å². The minimum atomic E-state index is 0.0649. The zero-order valence-electron chi connectivity index (χ0n) is 9.70. The van der Waals surface area contributed by atoms with Crippen molar-refractivity contribution in [1.82, 2.24) is 0 Å². The standard InChI is InChI=1S/C13H18O2/c1-10(12(3)14)8-6-5-7-9-11(2)13(4)15/h5-9,14H,1-4H3/p-1/b7-5?,8-6?,11-9?,12-10-. The molecule has 0 bridgehead atoms. The Hall–Kier alpha value is -1.57. The summed E-state index contributed by atoms with van der Waals surface area (Å²) in [5, 5.41) is 10.8. The largest absolute Gasteiger partial charge is 0.875 e. The summed E-state index contributed by atoms with van der Waals surface area (Å²) in [7, 11) is 0. The molecule has 0 amide bonds. The van der Waals surface area contributed by atoms with Crippen molar-refractivity contribution in [2.75, 3.05) is 0 Å². The minimum absolute atomic E-state index is 0.0649. The highest BCUT2D eigenvalue weighted by atomic mass is 16.3. The van der Waals surface area contributed by atoms with Crippen molar-refractivity contribution in [3.05, 3.63) is 47.3 Å². The molecule has 0 aliphatic carbocycles. The molecule has 0 radical (unpaired) electrons. The fraction of sp³-hybridized carbons (Fsp3) is 0.308. The molecule has 0 aromatic carbocycles. The van der Waals surface area contributed by atoms with Crippen LogP contribution in [0, 0.1) is 0 Å². The van der Waals surface area contributed by atoms with Crippen LogP contribution in [0.2, 0.25) is 0 Å². The molecule has 0 aromatic rings. The van der Waals surface area contributed by atoms with Crippen LogP contribution in [0.3, 0.4) is 0 Å². The number of rotatable bonds is 4. The summed E-state index contributed by atoms with van der Waals surface area (Å²) in [4.78, 5) is 10.8. The van der Waals surface area contributed by atoms with E-state index in [1.165, 1.54) is 13.8 Å². The number of hydrogen-bond acceptors (Lipinski definition) is 2. The van der Waals surface area contributed by atoms with Crippen LogP contribution >= 0.6 is 0 Å². The smallest absolute Gasteiger partial charge is 0.155 e. The molecule has 0 spiro atoms. The third-order valence-corrected chi connectivity index (χ3v) is 2.03. The summed E-state index contributed by atoms with van der Waals surface area (Å²) in [5.74, 6) is 0.130. The Morgan fingerprint density at radius 2 is 1.60 bits per heavy atom. The maximum absolute atomic E-state index is 10.8. The zero-order valence-corrected chi connectivity index (χ0v) is 9.70. The van der Waals surface area contributed by atoms with E-state index in [-0.39, 0.29) is 11.5 Å². The highest BCUT2D eigenvalue weighted by Crippen LogP contribution is 1.99. The molecule has 0 fully saturated rings. The normalized spacial score (nSPS) is 14.8. The highest BCUT2D eigenvalue weighted by molar-refractivity contribution is 5.92. The molecule has 0 aliphatic heterocycles. The minimum Gasteiger partial charge on any atom is -0.875 e. The lowest BCUT2D eigenvalue weighted by Gasteiger charge is -2.05. The van der Waals surface area contributed by atoms with Crippen molar-refractivity contribution in [2.45, 2.75) is 27.7 Å². The van der Waals surface area contributed by atoms with Crippen LogP contribution in [0.15, 0.2) is 47.3 Å². The van der Waals surface area contributed by atoms with Gasteiger partial charge in [-0.3, -0.25) is 4.79 Å². The maximum Gasteiger partial charge on any atom is 0.155 e. The van der Waals surface area contributed by atoms with Crippen molar-refractivity contribution >= 4 is 5.78 Å². The molecule has 0 saturated carbocycles. The molecule has 0 aromatic heterocycles. The van der Waals surface area contributed by atoms with Gasteiger partial charge in [-0.05, 0) is 26.3 Å². The number of carbonyl (C=O) groups excluding carboxylic acids is 1. The van der Waals surface area contributed by atoms with Gasteiger partial charge in [0.25, 0.3) is 0 Å². The Morgan fingerprint density at radius 1 is 1.00 bits per heavy atom. The molecule has 0 rings (SSSR count). The summed E-state index contributed by atoms with van der Waals surface area (Å²) in [6, 6.07) is 0. The van der Waals surface area contributed by atoms with Gasteiger partial charge in [-0.1, -0.05) is 42.9 Å². The van der Waals surface area contributed by atoms with Gasteiger partial charge in [0.2, 0.25) is 0 Å². The third-order valence-electron chi connectivity index (χ3n) is 2.03. The summed E-state index contributed by atoms with van der Waals surface area (Å²) in [5.41, 5.74) is 1.43. The van der Waals surface area contributed by atoms with E-state index in [2.05, 4.69) is 0 Å². The van der Waals surface area contributed by atoms with Crippen LogP contribution in [0.5, 0.6) is 0 Å². The lowest BCUT2D eigenvalue weighted by atomic mass is 10.2. The summed E-state index contributed by atoms with van der Waals surface area (Å²) in [6.07, 6.45) is 8.84. The summed E-state index contributed by atoms with van der Waals surface area (Å²) < 4.78 is 0. The van der Waals surface area contributed by atoms with Crippen LogP contribution in [-0.4, -0.2) is 5.78 Å². The molecule has 0 heterocycles. The van der Waals surface area contributed by atoms with Crippen molar-refractivity contribution in [3.63, 3.8) is 0 Å². The SMILES string of the molecule is CC(=O)C(C)=CC=CC=C/C(C)=C(/C)[O-].